The van der Waals surface area contributed by atoms with Gasteiger partial charge in [0.1, 0.15) is 5.76 Å². The molecule has 140 valence electrons. The second kappa shape index (κ2) is 7.26. The zero-order valence-electron chi connectivity index (χ0n) is 14.9. The maximum Gasteiger partial charge on any atom is 0.319 e. The molecule has 0 bridgehead atoms. The van der Waals surface area contributed by atoms with Crippen LogP contribution in [0.4, 0.5) is 10.5 Å². The molecule has 1 fully saturated rings. The van der Waals surface area contributed by atoms with Crippen LogP contribution in [0.2, 0.25) is 0 Å². The van der Waals surface area contributed by atoms with Gasteiger partial charge in [0.2, 0.25) is 0 Å². The summed E-state index contributed by atoms with van der Waals surface area (Å²) in [6, 6.07) is 7.91. The molecule has 1 aliphatic heterocycles. The molecule has 4 amide bonds. The number of hydrogen-bond donors (Lipinski definition) is 2. The van der Waals surface area contributed by atoms with Crippen LogP contribution in [0.15, 0.2) is 41.0 Å². The fourth-order valence-corrected chi connectivity index (χ4v) is 3.76. The van der Waals surface area contributed by atoms with Gasteiger partial charge >= 0.3 is 6.03 Å². The third-order valence-corrected chi connectivity index (χ3v) is 5.12. The average Bonchev–Trinajstić information content (AvgIpc) is 3.28. The van der Waals surface area contributed by atoms with Crippen LogP contribution in [0.3, 0.4) is 0 Å². The fourth-order valence-electron chi connectivity index (χ4n) is 3.76. The molecule has 0 unspecified atom stereocenters. The predicted molar refractivity (Wildman–Crippen MR) is 98.4 cm³/mol. The lowest BCUT2D eigenvalue weighted by Gasteiger charge is -2.29. The number of imide groups is 1. The average molecular weight is 367 g/mol. The van der Waals surface area contributed by atoms with Crippen molar-refractivity contribution >= 4 is 23.5 Å². The molecule has 0 saturated heterocycles. The number of carbonyl (C=O) groups excluding carboxylic acids is 3. The minimum Gasteiger partial charge on any atom is -0.467 e. The Hall–Kier alpha value is -3.09. The van der Waals surface area contributed by atoms with Crippen LogP contribution in [0.5, 0.6) is 0 Å². The minimum atomic E-state index is -0.410. The van der Waals surface area contributed by atoms with Crippen molar-refractivity contribution in [2.45, 2.75) is 44.7 Å². The van der Waals surface area contributed by atoms with Gasteiger partial charge in [-0.05, 0) is 43.2 Å². The largest absolute Gasteiger partial charge is 0.467 e. The van der Waals surface area contributed by atoms with Crippen LogP contribution in [0.25, 0.3) is 0 Å². The van der Waals surface area contributed by atoms with Gasteiger partial charge in [0, 0.05) is 11.7 Å². The van der Waals surface area contributed by atoms with Crippen molar-refractivity contribution in [3.63, 3.8) is 0 Å². The lowest BCUT2D eigenvalue weighted by molar-refractivity contribution is 0.0549. The summed E-state index contributed by atoms with van der Waals surface area (Å²) in [4.78, 5) is 38.9. The molecule has 1 aromatic heterocycles. The Labute approximate surface area is 156 Å². The summed E-state index contributed by atoms with van der Waals surface area (Å²) in [6.07, 6.45) is 6.51. The molecular formula is C20H21N3O4. The maximum absolute atomic E-state index is 12.8. The first-order chi connectivity index (χ1) is 13.1. The SMILES string of the molecule is O=C(NCc1ccco1)Nc1ccc2c(c1)C(=O)N(C1CCCCC1)C2=O. The van der Waals surface area contributed by atoms with E-state index in [1.807, 2.05) is 0 Å². The number of benzene rings is 1. The Morgan fingerprint density at radius 2 is 1.85 bits per heavy atom. The Bertz CT molecular complexity index is 869. The van der Waals surface area contributed by atoms with E-state index in [0.717, 1.165) is 32.1 Å². The molecule has 1 aliphatic carbocycles. The number of urea groups is 1. The second-order valence-corrected chi connectivity index (χ2v) is 6.92. The van der Waals surface area contributed by atoms with Crippen molar-refractivity contribution in [3.05, 3.63) is 53.5 Å². The quantitative estimate of drug-likeness (QED) is 0.809. The second-order valence-electron chi connectivity index (χ2n) is 6.92. The Balaban J connectivity index is 1.45. The third kappa shape index (κ3) is 3.45. The number of hydrogen-bond acceptors (Lipinski definition) is 4. The summed E-state index contributed by atoms with van der Waals surface area (Å²) in [6.45, 7) is 0.261. The van der Waals surface area contributed by atoms with Crippen molar-refractivity contribution in [1.82, 2.24) is 10.2 Å². The van der Waals surface area contributed by atoms with Crippen LogP contribution < -0.4 is 10.6 Å². The predicted octanol–water partition coefficient (Wildman–Crippen LogP) is 3.53. The number of carbonyl (C=O) groups is 3. The third-order valence-electron chi connectivity index (χ3n) is 5.12. The number of furan rings is 1. The van der Waals surface area contributed by atoms with Crippen LogP contribution in [0.1, 0.15) is 58.6 Å². The highest BCUT2D eigenvalue weighted by Crippen LogP contribution is 2.32. The monoisotopic (exact) mass is 367 g/mol. The molecule has 2 heterocycles. The first-order valence-corrected chi connectivity index (χ1v) is 9.22. The molecule has 2 aliphatic rings. The molecule has 7 heteroatoms. The van der Waals surface area contributed by atoms with Crippen LogP contribution in [-0.2, 0) is 6.54 Å². The van der Waals surface area contributed by atoms with Crippen molar-refractivity contribution < 1.29 is 18.8 Å². The molecule has 1 saturated carbocycles. The van der Waals surface area contributed by atoms with E-state index in [1.165, 1.54) is 11.2 Å². The van der Waals surface area contributed by atoms with Gasteiger partial charge in [-0.15, -0.1) is 0 Å². The van der Waals surface area contributed by atoms with Gasteiger partial charge in [0.15, 0.2) is 0 Å². The summed E-state index contributed by atoms with van der Waals surface area (Å²) in [7, 11) is 0. The summed E-state index contributed by atoms with van der Waals surface area (Å²) in [5, 5.41) is 5.37. The summed E-state index contributed by atoms with van der Waals surface area (Å²) >= 11 is 0. The molecule has 0 radical (unpaired) electrons. The summed E-state index contributed by atoms with van der Waals surface area (Å²) in [5.74, 6) is 0.153. The van der Waals surface area contributed by atoms with E-state index in [9.17, 15) is 14.4 Å². The zero-order valence-corrected chi connectivity index (χ0v) is 14.9. The topological polar surface area (TPSA) is 91.7 Å². The van der Waals surface area contributed by atoms with Crippen LogP contribution >= 0.6 is 0 Å². The van der Waals surface area contributed by atoms with E-state index in [-0.39, 0.29) is 24.4 Å². The van der Waals surface area contributed by atoms with Gasteiger partial charge in [-0.25, -0.2) is 4.79 Å². The number of fused-ring (bicyclic) bond motifs is 1. The molecule has 2 aromatic rings. The Morgan fingerprint density at radius 1 is 1.07 bits per heavy atom. The first kappa shape index (κ1) is 17.3. The van der Waals surface area contributed by atoms with E-state index in [4.69, 9.17) is 4.42 Å². The van der Waals surface area contributed by atoms with Gasteiger partial charge in [0.25, 0.3) is 11.8 Å². The van der Waals surface area contributed by atoms with E-state index in [0.29, 0.717) is 22.6 Å². The van der Waals surface area contributed by atoms with Gasteiger partial charge in [0.05, 0.1) is 23.9 Å². The molecule has 0 spiro atoms. The molecule has 27 heavy (non-hydrogen) atoms. The Kier molecular flexibility index (Phi) is 4.66. The van der Waals surface area contributed by atoms with Gasteiger partial charge in [-0.3, -0.25) is 14.5 Å². The van der Waals surface area contributed by atoms with Crippen molar-refractivity contribution in [1.29, 1.82) is 0 Å². The standard InChI is InChI=1S/C20H21N3O4/c24-18-16-9-8-13(22-20(26)21-12-15-7-4-10-27-15)11-17(16)19(25)23(18)14-5-2-1-3-6-14/h4,7-11,14H,1-3,5-6,12H2,(H2,21,22,26). The molecular weight excluding hydrogens is 346 g/mol. The highest BCUT2D eigenvalue weighted by molar-refractivity contribution is 6.22. The normalized spacial score (nSPS) is 17.1. The maximum atomic E-state index is 12.8. The molecule has 1 aromatic carbocycles. The minimum absolute atomic E-state index is 0.0147. The van der Waals surface area contributed by atoms with Crippen molar-refractivity contribution in [2.75, 3.05) is 5.32 Å². The number of nitrogens with one attached hydrogen (secondary N) is 2. The number of anilines is 1. The zero-order chi connectivity index (χ0) is 18.8. The molecule has 0 atom stereocenters. The smallest absolute Gasteiger partial charge is 0.319 e. The van der Waals surface area contributed by atoms with E-state index in [1.54, 1.807) is 30.3 Å². The first-order valence-electron chi connectivity index (χ1n) is 9.22. The van der Waals surface area contributed by atoms with E-state index < -0.39 is 6.03 Å². The van der Waals surface area contributed by atoms with Gasteiger partial charge in [-0.2, -0.15) is 0 Å². The number of amides is 4. The Morgan fingerprint density at radius 3 is 2.59 bits per heavy atom. The van der Waals surface area contributed by atoms with Crippen molar-refractivity contribution in [3.8, 4) is 0 Å². The molecule has 2 N–H and O–H groups in total. The van der Waals surface area contributed by atoms with Crippen molar-refractivity contribution in [2.24, 2.45) is 0 Å². The highest BCUT2D eigenvalue weighted by Gasteiger charge is 2.40. The molecule has 7 nitrogen and oxygen atoms in total. The highest BCUT2D eigenvalue weighted by atomic mass is 16.3. The van der Waals surface area contributed by atoms with Crippen LogP contribution in [-0.4, -0.2) is 28.8 Å². The van der Waals surface area contributed by atoms with E-state index in [2.05, 4.69) is 10.6 Å². The van der Waals surface area contributed by atoms with Gasteiger partial charge < -0.3 is 15.1 Å². The molecule has 4 rings (SSSR count). The number of nitrogens with zero attached hydrogens (tertiary/aromatic N) is 1. The summed E-state index contributed by atoms with van der Waals surface area (Å²) < 4.78 is 5.16. The lowest BCUT2D eigenvalue weighted by Crippen LogP contribution is -2.40. The lowest BCUT2D eigenvalue weighted by atomic mass is 9.94. The van der Waals surface area contributed by atoms with E-state index >= 15 is 0 Å². The number of rotatable bonds is 4. The van der Waals surface area contributed by atoms with Gasteiger partial charge in [-0.1, -0.05) is 19.3 Å². The fraction of sp³-hybridized carbons (Fsp3) is 0.350. The van der Waals surface area contributed by atoms with Crippen LogP contribution in [0, 0.1) is 0 Å². The summed E-state index contributed by atoms with van der Waals surface area (Å²) in [5.41, 5.74) is 1.24.